The minimum Gasteiger partial charge on any atom is -0.465 e. The molecule has 1 amide bonds. The minimum atomic E-state index is -1.01. The summed E-state index contributed by atoms with van der Waals surface area (Å²) < 4.78 is 8.30. The van der Waals surface area contributed by atoms with Crippen molar-refractivity contribution in [2.24, 2.45) is 0 Å². The molecule has 13 heteroatoms. The second kappa shape index (κ2) is 11.4. The Bertz CT molecular complexity index is 1780. The monoisotopic (exact) mass is 567 g/mol. The SMILES string of the molecule is COCCCN(C(=O)O)c1ccc(-c2cnc([C@@H]3CCc4nc(-c5cc(C)ccc5-n5cnnn5)cc(=O)n43)[nH]2)cc1. The van der Waals surface area contributed by atoms with E-state index in [1.807, 2.05) is 37.3 Å². The van der Waals surface area contributed by atoms with Gasteiger partial charge in [-0.3, -0.25) is 14.3 Å². The molecule has 1 aliphatic rings. The number of hydrogen-bond donors (Lipinski definition) is 2. The Balaban J connectivity index is 1.26. The lowest BCUT2D eigenvalue weighted by molar-refractivity contribution is 0.189. The largest absolute Gasteiger partial charge is 0.465 e. The van der Waals surface area contributed by atoms with Crippen molar-refractivity contribution in [3.8, 4) is 28.2 Å². The molecule has 1 aliphatic heterocycles. The maximum Gasteiger partial charge on any atom is 0.411 e. The lowest BCUT2D eigenvalue weighted by Gasteiger charge is -2.19. The summed E-state index contributed by atoms with van der Waals surface area (Å²) in [4.78, 5) is 39.4. The first-order chi connectivity index (χ1) is 20.4. The van der Waals surface area contributed by atoms with Crippen molar-refractivity contribution in [1.29, 1.82) is 0 Å². The number of benzene rings is 2. The van der Waals surface area contributed by atoms with Gasteiger partial charge in [-0.1, -0.05) is 23.8 Å². The number of nitrogens with zero attached hydrogens (tertiary/aromatic N) is 8. The molecule has 5 aromatic rings. The molecule has 13 nitrogen and oxygen atoms in total. The number of fused-ring (bicyclic) bond motifs is 1. The summed E-state index contributed by atoms with van der Waals surface area (Å²) in [6.45, 7) is 2.80. The summed E-state index contributed by atoms with van der Waals surface area (Å²) in [6, 6.07) is 14.4. The van der Waals surface area contributed by atoms with Crippen LogP contribution in [0.25, 0.3) is 28.2 Å². The summed E-state index contributed by atoms with van der Waals surface area (Å²) in [5, 5.41) is 21.1. The Kier molecular flexibility index (Phi) is 7.32. The van der Waals surface area contributed by atoms with Crippen LogP contribution in [0, 0.1) is 6.92 Å². The molecule has 4 heterocycles. The maximum atomic E-state index is 13.5. The number of aromatic amines is 1. The van der Waals surface area contributed by atoms with Crippen molar-refractivity contribution in [2.45, 2.75) is 32.2 Å². The molecule has 2 aromatic carbocycles. The zero-order valence-electron chi connectivity index (χ0n) is 23.1. The average Bonchev–Trinajstić information content (AvgIpc) is 3.76. The molecule has 0 fully saturated rings. The number of carboxylic acid groups (broad SMARTS) is 1. The summed E-state index contributed by atoms with van der Waals surface area (Å²) in [5.41, 5.74) is 5.15. The number of aryl methyl sites for hydroxylation is 2. The lowest BCUT2D eigenvalue weighted by Crippen LogP contribution is -2.30. The smallest absolute Gasteiger partial charge is 0.411 e. The molecule has 0 radical (unpaired) electrons. The van der Waals surface area contributed by atoms with E-state index in [1.54, 1.807) is 40.8 Å². The first-order valence-corrected chi connectivity index (χ1v) is 13.5. The van der Waals surface area contributed by atoms with Gasteiger partial charge in [0, 0.05) is 44.0 Å². The molecule has 0 saturated heterocycles. The highest BCUT2D eigenvalue weighted by Gasteiger charge is 2.29. The zero-order chi connectivity index (χ0) is 29.2. The Labute approximate surface area is 240 Å². The third-order valence-electron chi connectivity index (χ3n) is 7.36. The van der Waals surface area contributed by atoms with E-state index in [0.717, 1.165) is 28.1 Å². The van der Waals surface area contributed by atoms with Crippen LogP contribution in [0.15, 0.2) is 65.8 Å². The highest BCUT2D eigenvalue weighted by molar-refractivity contribution is 5.86. The van der Waals surface area contributed by atoms with Gasteiger partial charge in [-0.05, 0) is 60.0 Å². The van der Waals surface area contributed by atoms with Crippen LogP contribution in [0.4, 0.5) is 10.5 Å². The van der Waals surface area contributed by atoms with Crippen LogP contribution < -0.4 is 10.5 Å². The molecule has 3 aromatic heterocycles. The number of amides is 1. The van der Waals surface area contributed by atoms with Crippen molar-refractivity contribution in [3.63, 3.8) is 0 Å². The van der Waals surface area contributed by atoms with Gasteiger partial charge in [-0.25, -0.2) is 14.8 Å². The van der Waals surface area contributed by atoms with E-state index >= 15 is 0 Å². The number of nitrogens with one attached hydrogen (secondary N) is 1. The van der Waals surface area contributed by atoms with Crippen molar-refractivity contribution >= 4 is 11.8 Å². The average molecular weight is 568 g/mol. The van der Waals surface area contributed by atoms with Crippen LogP contribution in [0.5, 0.6) is 0 Å². The Morgan fingerprint density at radius 1 is 1.19 bits per heavy atom. The molecular formula is C29H29N9O4. The Morgan fingerprint density at radius 3 is 2.76 bits per heavy atom. The van der Waals surface area contributed by atoms with Crippen LogP contribution in [0.3, 0.4) is 0 Å². The van der Waals surface area contributed by atoms with Crippen molar-refractivity contribution in [2.75, 3.05) is 25.2 Å². The Morgan fingerprint density at radius 2 is 2.02 bits per heavy atom. The van der Waals surface area contributed by atoms with Crippen LogP contribution >= 0.6 is 0 Å². The van der Waals surface area contributed by atoms with Crippen LogP contribution in [-0.2, 0) is 11.2 Å². The third kappa shape index (κ3) is 5.17. The number of ether oxygens (including phenoxy) is 1. The fourth-order valence-electron chi connectivity index (χ4n) is 5.34. The number of aromatic nitrogens is 8. The van der Waals surface area contributed by atoms with Gasteiger partial charge in [0.15, 0.2) is 0 Å². The van der Waals surface area contributed by atoms with Crippen LogP contribution in [0.1, 0.15) is 36.1 Å². The van der Waals surface area contributed by atoms with Gasteiger partial charge in [0.2, 0.25) is 0 Å². The number of tetrazole rings is 1. The lowest BCUT2D eigenvalue weighted by atomic mass is 10.1. The van der Waals surface area contributed by atoms with Gasteiger partial charge in [-0.2, -0.15) is 4.68 Å². The van der Waals surface area contributed by atoms with Gasteiger partial charge in [0.05, 0.1) is 29.3 Å². The highest BCUT2D eigenvalue weighted by Crippen LogP contribution is 2.32. The molecule has 0 unspecified atom stereocenters. The number of methoxy groups -OCH3 is 1. The van der Waals surface area contributed by atoms with E-state index in [0.29, 0.717) is 55.4 Å². The quantitative estimate of drug-likeness (QED) is 0.254. The molecule has 1 atom stereocenters. The molecule has 0 bridgehead atoms. The summed E-state index contributed by atoms with van der Waals surface area (Å²) >= 11 is 0. The standard InChI is InChI=1S/C29H29N9O4/c1-18-4-9-24(37-17-31-34-35-37)21(14-18)22-15-27(39)38-25(10-11-26(38)32-22)28-30-16-23(33-28)19-5-7-20(8-6-19)36(29(40)41)12-3-13-42-2/h4-9,14-17,25H,3,10-13H2,1-2H3,(H,30,33)(H,40,41)/t25-/m0/s1. The van der Waals surface area contributed by atoms with Crippen molar-refractivity contribution in [1.82, 2.24) is 39.7 Å². The molecule has 214 valence electrons. The van der Waals surface area contributed by atoms with E-state index in [4.69, 9.17) is 9.72 Å². The summed E-state index contributed by atoms with van der Waals surface area (Å²) in [5.74, 6) is 1.36. The van der Waals surface area contributed by atoms with Gasteiger partial charge in [0.1, 0.15) is 18.0 Å². The second-order valence-electron chi connectivity index (χ2n) is 10.1. The predicted octanol–water partition coefficient (Wildman–Crippen LogP) is 3.64. The zero-order valence-corrected chi connectivity index (χ0v) is 23.1. The van der Waals surface area contributed by atoms with Crippen LogP contribution in [-0.4, -0.2) is 71.2 Å². The number of H-pyrrole nitrogens is 1. The topological polar surface area (TPSA) is 157 Å². The van der Waals surface area contributed by atoms with Crippen molar-refractivity contribution in [3.05, 3.63) is 88.6 Å². The van der Waals surface area contributed by atoms with Crippen molar-refractivity contribution < 1.29 is 14.6 Å². The number of rotatable bonds is 9. The summed E-state index contributed by atoms with van der Waals surface area (Å²) in [7, 11) is 1.59. The van der Waals surface area contributed by atoms with E-state index in [2.05, 4.69) is 25.5 Å². The second-order valence-corrected chi connectivity index (χ2v) is 10.1. The van der Waals surface area contributed by atoms with Crippen LogP contribution in [0.2, 0.25) is 0 Å². The molecule has 0 spiro atoms. The van der Waals surface area contributed by atoms with E-state index in [-0.39, 0.29) is 11.6 Å². The number of anilines is 1. The number of carbonyl (C=O) groups is 1. The number of imidazole rings is 1. The normalized spacial score (nSPS) is 14.2. The molecule has 2 N–H and O–H groups in total. The molecule has 6 rings (SSSR count). The minimum absolute atomic E-state index is 0.161. The predicted molar refractivity (Wildman–Crippen MR) is 154 cm³/mol. The Hall–Kier alpha value is -5.17. The first kappa shape index (κ1) is 27.0. The molecule has 42 heavy (non-hydrogen) atoms. The fraction of sp³-hybridized carbons (Fsp3) is 0.276. The third-order valence-corrected chi connectivity index (χ3v) is 7.36. The van der Waals surface area contributed by atoms with E-state index < -0.39 is 6.09 Å². The number of hydrogen-bond acceptors (Lipinski definition) is 8. The van der Waals surface area contributed by atoms with Gasteiger partial charge in [-0.15, -0.1) is 5.10 Å². The molecular weight excluding hydrogens is 538 g/mol. The maximum absolute atomic E-state index is 13.5. The first-order valence-electron chi connectivity index (χ1n) is 13.5. The summed E-state index contributed by atoms with van der Waals surface area (Å²) in [6.07, 6.45) is 4.13. The van der Waals surface area contributed by atoms with Gasteiger partial charge in [0.25, 0.3) is 5.56 Å². The highest BCUT2D eigenvalue weighted by atomic mass is 16.5. The molecule has 0 aliphatic carbocycles. The van der Waals surface area contributed by atoms with Gasteiger partial charge >= 0.3 is 6.09 Å². The van der Waals surface area contributed by atoms with E-state index in [9.17, 15) is 14.7 Å². The van der Waals surface area contributed by atoms with E-state index in [1.165, 1.54) is 11.2 Å². The fourth-order valence-corrected chi connectivity index (χ4v) is 5.34. The molecule has 0 saturated carbocycles. The van der Waals surface area contributed by atoms with Gasteiger partial charge < -0.3 is 14.8 Å².